The average Bonchev–Trinajstić information content (AvgIpc) is 2.73. The Morgan fingerprint density at radius 1 is 0.667 bits per heavy atom. The van der Waals surface area contributed by atoms with Crippen LogP contribution in [0.2, 0.25) is 0 Å². The van der Waals surface area contributed by atoms with Crippen LogP contribution in [0.4, 0.5) is 0 Å². The molecule has 0 spiro atoms. The molecule has 27 heavy (non-hydrogen) atoms. The minimum absolute atomic E-state index is 1.11. The molecule has 0 aromatic heterocycles. The summed E-state index contributed by atoms with van der Waals surface area (Å²) in [5.74, 6) is 0. The normalized spacial score (nSPS) is 13.9. The van der Waals surface area contributed by atoms with Gasteiger partial charge in [0.1, 0.15) is 0 Å². The van der Waals surface area contributed by atoms with Crippen molar-refractivity contribution < 1.29 is 0 Å². The number of hydrogen-bond acceptors (Lipinski definition) is 0. The van der Waals surface area contributed by atoms with Crippen LogP contribution in [0.25, 0.3) is 38.2 Å². The first-order chi connectivity index (χ1) is 13.3. The highest BCUT2D eigenvalue weighted by molar-refractivity contribution is 6.18. The van der Waals surface area contributed by atoms with Crippen LogP contribution >= 0.6 is 0 Å². The molecular weight excluding hydrogens is 324 g/mol. The van der Waals surface area contributed by atoms with Gasteiger partial charge in [0.25, 0.3) is 0 Å². The quantitative estimate of drug-likeness (QED) is 0.326. The first kappa shape index (κ1) is 16.1. The van der Waals surface area contributed by atoms with Crippen molar-refractivity contribution in [2.45, 2.75) is 19.8 Å². The molecule has 0 nitrogen and oxygen atoms in total. The summed E-state index contributed by atoms with van der Waals surface area (Å²) in [5.41, 5.74) is 6.80. The summed E-state index contributed by atoms with van der Waals surface area (Å²) < 4.78 is 0. The molecule has 0 saturated heterocycles. The van der Waals surface area contributed by atoms with Gasteiger partial charge in [0.15, 0.2) is 0 Å². The first-order valence-electron chi connectivity index (χ1n) is 9.69. The fourth-order valence-corrected chi connectivity index (χ4v) is 4.36. The second-order valence-corrected chi connectivity index (χ2v) is 7.37. The van der Waals surface area contributed by atoms with Gasteiger partial charge in [0.2, 0.25) is 0 Å². The molecule has 0 N–H and O–H groups in total. The average molecular weight is 346 g/mol. The highest BCUT2D eigenvalue weighted by atomic mass is 14.2. The van der Waals surface area contributed by atoms with Crippen LogP contribution in [0.5, 0.6) is 0 Å². The fourth-order valence-electron chi connectivity index (χ4n) is 4.36. The van der Waals surface area contributed by atoms with Gasteiger partial charge in [-0.15, -0.1) is 0 Å². The third kappa shape index (κ3) is 2.69. The van der Waals surface area contributed by atoms with Gasteiger partial charge in [-0.25, -0.2) is 0 Å². The summed E-state index contributed by atoms with van der Waals surface area (Å²) >= 11 is 0. The topological polar surface area (TPSA) is 0 Å². The predicted molar refractivity (Wildman–Crippen MR) is 118 cm³/mol. The van der Waals surface area contributed by atoms with Crippen molar-refractivity contribution in [3.8, 4) is 11.1 Å². The van der Waals surface area contributed by atoms with Gasteiger partial charge in [0.05, 0.1) is 0 Å². The molecule has 0 fully saturated rings. The van der Waals surface area contributed by atoms with Crippen LogP contribution in [0.1, 0.15) is 24.0 Å². The van der Waals surface area contributed by atoms with Crippen molar-refractivity contribution in [3.63, 3.8) is 0 Å². The monoisotopic (exact) mass is 346 g/mol. The second kappa shape index (κ2) is 6.55. The highest BCUT2D eigenvalue weighted by Gasteiger charge is 2.17. The van der Waals surface area contributed by atoms with E-state index in [2.05, 4.69) is 97.9 Å². The summed E-state index contributed by atoms with van der Waals surface area (Å²) in [7, 11) is 0. The third-order valence-electron chi connectivity index (χ3n) is 5.58. The van der Waals surface area contributed by atoms with Crippen LogP contribution in [-0.2, 0) is 0 Å². The molecule has 0 amide bonds. The lowest BCUT2D eigenvalue weighted by molar-refractivity contribution is 1.06. The number of allylic oxidation sites excluding steroid dienone is 4. The zero-order chi connectivity index (χ0) is 18.2. The molecule has 0 heteroatoms. The lowest BCUT2D eigenvalue weighted by Crippen LogP contribution is -1.95. The molecule has 0 heterocycles. The van der Waals surface area contributed by atoms with Crippen LogP contribution in [0, 0.1) is 6.92 Å². The van der Waals surface area contributed by atoms with Crippen molar-refractivity contribution in [1.29, 1.82) is 0 Å². The molecule has 0 saturated carbocycles. The molecule has 0 atom stereocenters. The maximum atomic E-state index is 2.36. The lowest BCUT2D eigenvalue weighted by Gasteiger charge is -2.20. The zero-order valence-corrected chi connectivity index (χ0v) is 15.6. The summed E-state index contributed by atoms with van der Waals surface area (Å²) in [5, 5.41) is 5.41. The molecular formula is C27H22. The molecule has 0 unspecified atom stereocenters. The SMILES string of the molecule is Cc1ccc2c(-c3ccccc3)c3ccccc3c(C3=CC=CCC3)c2c1. The van der Waals surface area contributed by atoms with Gasteiger partial charge in [-0.1, -0.05) is 96.6 Å². The second-order valence-electron chi connectivity index (χ2n) is 7.37. The van der Waals surface area contributed by atoms with Crippen molar-refractivity contribution >= 4 is 27.1 Å². The van der Waals surface area contributed by atoms with E-state index in [-0.39, 0.29) is 0 Å². The summed E-state index contributed by atoms with van der Waals surface area (Å²) in [6.45, 7) is 2.19. The molecule has 130 valence electrons. The van der Waals surface area contributed by atoms with E-state index in [1.165, 1.54) is 49.4 Å². The van der Waals surface area contributed by atoms with Crippen LogP contribution in [0.15, 0.2) is 91.0 Å². The number of rotatable bonds is 2. The Hall–Kier alpha value is -3.12. The Bertz CT molecular complexity index is 1210. The maximum Gasteiger partial charge on any atom is -0.00264 e. The van der Waals surface area contributed by atoms with Gasteiger partial charge in [-0.3, -0.25) is 0 Å². The number of aryl methyl sites for hydroxylation is 1. The van der Waals surface area contributed by atoms with E-state index >= 15 is 0 Å². The van der Waals surface area contributed by atoms with E-state index in [0.29, 0.717) is 0 Å². The molecule has 0 aliphatic heterocycles. The largest absolute Gasteiger partial charge is 0.0842 e. The zero-order valence-electron chi connectivity index (χ0n) is 15.6. The summed E-state index contributed by atoms with van der Waals surface area (Å²) in [6, 6.07) is 26.6. The van der Waals surface area contributed by atoms with Crippen LogP contribution in [-0.4, -0.2) is 0 Å². The van der Waals surface area contributed by atoms with Crippen molar-refractivity contribution in [2.75, 3.05) is 0 Å². The van der Waals surface area contributed by atoms with E-state index in [1.807, 2.05) is 0 Å². The van der Waals surface area contributed by atoms with Crippen LogP contribution < -0.4 is 0 Å². The van der Waals surface area contributed by atoms with Gasteiger partial charge in [-0.2, -0.15) is 0 Å². The van der Waals surface area contributed by atoms with E-state index in [9.17, 15) is 0 Å². The lowest BCUT2D eigenvalue weighted by atomic mass is 9.83. The maximum absolute atomic E-state index is 2.36. The fraction of sp³-hybridized carbons (Fsp3) is 0.111. The summed E-state index contributed by atoms with van der Waals surface area (Å²) in [6.07, 6.45) is 9.00. The first-order valence-corrected chi connectivity index (χ1v) is 9.69. The summed E-state index contributed by atoms with van der Waals surface area (Å²) in [4.78, 5) is 0. The standard InChI is InChI=1S/C27H22/c1-19-16-17-24-25(18-19)27(21-12-6-3-7-13-21)23-15-9-8-14-22(23)26(24)20-10-4-2-5-11-20/h2-6,8-12,14-18H,7,13H2,1H3. The van der Waals surface area contributed by atoms with E-state index in [4.69, 9.17) is 0 Å². The Morgan fingerprint density at radius 3 is 2.11 bits per heavy atom. The van der Waals surface area contributed by atoms with Gasteiger partial charge < -0.3 is 0 Å². The Balaban J connectivity index is 2.00. The number of benzene rings is 4. The van der Waals surface area contributed by atoms with Gasteiger partial charge in [0, 0.05) is 0 Å². The van der Waals surface area contributed by atoms with Crippen molar-refractivity contribution in [1.82, 2.24) is 0 Å². The molecule has 1 aliphatic rings. The molecule has 1 aliphatic carbocycles. The molecule has 4 aromatic carbocycles. The van der Waals surface area contributed by atoms with Gasteiger partial charge >= 0.3 is 0 Å². The van der Waals surface area contributed by atoms with E-state index in [0.717, 1.165) is 12.8 Å². The molecule has 4 aromatic rings. The Kier molecular flexibility index (Phi) is 3.90. The van der Waals surface area contributed by atoms with Crippen LogP contribution in [0.3, 0.4) is 0 Å². The molecule has 0 radical (unpaired) electrons. The Morgan fingerprint density at radius 2 is 1.37 bits per heavy atom. The number of fused-ring (bicyclic) bond motifs is 2. The number of hydrogen-bond donors (Lipinski definition) is 0. The van der Waals surface area contributed by atoms with Crippen molar-refractivity contribution in [3.05, 3.63) is 102 Å². The highest BCUT2D eigenvalue weighted by Crippen LogP contribution is 2.43. The molecule has 5 rings (SSSR count). The third-order valence-corrected chi connectivity index (χ3v) is 5.58. The van der Waals surface area contributed by atoms with E-state index < -0.39 is 0 Å². The minimum atomic E-state index is 1.11. The Labute approximate surface area is 160 Å². The predicted octanol–water partition coefficient (Wildman–Crippen LogP) is 7.70. The van der Waals surface area contributed by atoms with E-state index in [1.54, 1.807) is 0 Å². The minimum Gasteiger partial charge on any atom is -0.0842 e. The van der Waals surface area contributed by atoms with Gasteiger partial charge in [-0.05, 0) is 63.6 Å². The van der Waals surface area contributed by atoms with Crippen molar-refractivity contribution in [2.24, 2.45) is 0 Å². The smallest absolute Gasteiger partial charge is 0.00264 e. The molecule has 0 bridgehead atoms.